The summed E-state index contributed by atoms with van der Waals surface area (Å²) in [6.07, 6.45) is 9.29. The Labute approximate surface area is 326 Å². The average Bonchev–Trinajstić information content (AvgIpc) is 3.06. The minimum atomic E-state index is -0.987. The zero-order chi connectivity index (χ0) is 35.1. The number of rotatable bonds is 9. The van der Waals surface area contributed by atoms with Crippen LogP contribution in [0.25, 0.3) is 17.3 Å². The quantitative estimate of drug-likeness (QED) is 0.0517. The molecule has 2 aromatic heterocycles. The first-order valence-corrected chi connectivity index (χ1v) is 14.4. The van der Waals surface area contributed by atoms with Gasteiger partial charge in [-0.2, -0.15) is 0 Å². The molecule has 1 fully saturated rings. The first-order chi connectivity index (χ1) is 23.6. The van der Waals surface area contributed by atoms with Crippen LogP contribution < -0.4 is 83.3 Å². The molecule has 4 aromatic rings. The molecule has 0 atom stereocenters. The van der Waals surface area contributed by atoms with Gasteiger partial charge in [0, 0.05) is 30.6 Å². The summed E-state index contributed by atoms with van der Waals surface area (Å²) in [5.41, 5.74) is -0.889. The molecule has 5 amide bonds. The number of allylic oxidation sites excluding steroid dienone is 4. The molecular formula is C34H26KN7O8. The zero-order valence-corrected chi connectivity index (χ0v) is 30.0. The van der Waals surface area contributed by atoms with Crippen LogP contribution in [-0.2, 0) is 19.1 Å². The van der Waals surface area contributed by atoms with Gasteiger partial charge in [0.15, 0.2) is 6.40 Å². The summed E-state index contributed by atoms with van der Waals surface area (Å²) in [6, 6.07) is 14.3. The Balaban J connectivity index is 0.00000562. The minimum Gasteiger partial charge on any atom is -0.860 e. The summed E-state index contributed by atoms with van der Waals surface area (Å²) in [5, 5.41) is 17.5. The van der Waals surface area contributed by atoms with Crippen LogP contribution in [0.15, 0.2) is 111 Å². The number of hydrogen-bond donors (Lipinski definition) is 3. The Morgan fingerprint density at radius 2 is 1.72 bits per heavy atom. The van der Waals surface area contributed by atoms with Gasteiger partial charge < -0.3 is 20.1 Å². The number of anilines is 2. The molecule has 5 rings (SSSR count). The molecule has 3 heterocycles. The van der Waals surface area contributed by atoms with E-state index < -0.39 is 40.5 Å². The summed E-state index contributed by atoms with van der Waals surface area (Å²) in [6.45, 7) is 1.30. The number of amides is 5. The molecule has 2 aromatic carbocycles. The SMILES string of the molecule is COC=Nc1cccc(-n2c(=O)[nH]c([O-])c(C=CC(=CC=C3C(=O)NC(=O)N(c4cccc(NC(C)=O)c4)C3=O)c3ccncc3)c2=O)c1.[K+]. The number of urea groups is 1. The van der Waals surface area contributed by atoms with E-state index in [-0.39, 0.29) is 74.2 Å². The van der Waals surface area contributed by atoms with Gasteiger partial charge in [0.2, 0.25) is 5.91 Å². The number of benzene rings is 2. The van der Waals surface area contributed by atoms with Crippen molar-refractivity contribution in [3.05, 3.63) is 129 Å². The molecule has 0 spiro atoms. The van der Waals surface area contributed by atoms with Crippen molar-refractivity contribution in [2.24, 2.45) is 4.99 Å². The largest absolute Gasteiger partial charge is 1.00 e. The van der Waals surface area contributed by atoms with Gasteiger partial charge >= 0.3 is 63.1 Å². The van der Waals surface area contributed by atoms with E-state index in [1.807, 2.05) is 0 Å². The fourth-order valence-electron chi connectivity index (χ4n) is 4.71. The van der Waals surface area contributed by atoms with Crippen molar-refractivity contribution < 1.29 is 80.4 Å². The van der Waals surface area contributed by atoms with Crippen LogP contribution in [0.4, 0.5) is 21.9 Å². The number of nitrogens with one attached hydrogen (secondary N) is 3. The number of carbonyl (C=O) groups is 4. The Morgan fingerprint density at radius 1 is 1.00 bits per heavy atom. The van der Waals surface area contributed by atoms with Gasteiger partial charge in [-0.15, -0.1) is 0 Å². The van der Waals surface area contributed by atoms with E-state index in [4.69, 9.17) is 4.74 Å². The van der Waals surface area contributed by atoms with Crippen LogP contribution in [-0.4, -0.2) is 51.8 Å². The topological polar surface area (TPSA) is 208 Å². The van der Waals surface area contributed by atoms with E-state index in [1.165, 1.54) is 87.5 Å². The van der Waals surface area contributed by atoms with Crippen molar-refractivity contribution in [2.45, 2.75) is 6.92 Å². The molecule has 1 aliphatic rings. The maximum atomic E-state index is 13.5. The summed E-state index contributed by atoms with van der Waals surface area (Å²) in [7, 11) is 1.41. The van der Waals surface area contributed by atoms with Crippen molar-refractivity contribution in [1.29, 1.82) is 0 Å². The number of hydrogen-bond acceptors (Lipinski definition) is 10. The number of barbiturate groups is 1. The maximum Gasteiger partial charge on any atom is 1.00 e. The van der Waals surface area contributed by atoms with E-state index in [9.17, 15) is 33.9 Å². The number of H-pyrrole nitrogens is 1. The van der Waals surface area contributed by atoms with Crippen molar-refractivity contribution in [3.63, 3.8) is 0 Å². The number of nitrogens with zero attached hydrogens (tertiary/aromatic N) is 4. The third kappa shape index (κ3) is 8.54. The van der Waals surface area contributed by atoms with Crippen molar-refractivity contribution in [2.75, 3.05) is 17.3 Å². The summed E-state index contributed by atoms with van der Waals surface area (Å²) in [5.74, 6) is -3.21. The third-order valence-corrected chi connectivity index (χ3v) is 6.90. The van der Waals surface area contributed by atoms with Gasteiger partial charge in [-0.1, -0.05) is 24.3 Å². The number of methoxy groups -OCH3 is 1. The molecule has 0 unspecified atom stereocenters. The minimum absolute atomic E-state index is 0. The molecule has 246 valence electrons. The molecule has 0 radical (unpaired) electrons. The number of imide groups is 2. The third-order valence-electron chi connectivity index (χ3n) is 6.90. The van der Waals surface area contributed by atoms with E-state index in [1.54, 1.807) is 30.3 Å². The van der Waals surface area contributed by atoms with Gasteiger partial charge in [0.25, 0.3) is 17.4 Å². The van der Waals surface area contributed by atoms with Crippen LogP contribution in [0, 0.1) is 0 Å². The number of pyridine rings is 1. The molecule has 1 aliphatic heterocycles. The number of aromatic nitrogens is 3. The zero-order valence-electron chi connectivity index (χ0n) is 26.9. The van der Waals surface area contributed by atoms with E-state index >= 15 is 0 Å². The smallest absolute Gasteiger partial charge is 0.860 e. The van der Waals surface area contributed by atoms with Crippen molar-refractivity contribution in [3.8, 4) is 11.6 Å². The number of aromatic amines is 1. The predicted molar refractivity (Wildman–Crippen MR) is 178 cm³/mol. The Bertz CT molecular complexity index is 2220. The van der Waals surface area contributed by atoms with Crippen molar-refractivity contribution >= 4 is 58.9 Å². The normalized spacial score (nSPS) is 14.2. The first kappa shape index (κ1) is 37.3. The predicted octanol–water partition coefficient (Wildman–Crippen LogP) is -0.431. The average molecular weight is 700 g/mol. The Hall–Kier alpha value is -5.52. The van der Waals surface area contributed by atoms with E-state index in [0.717, 1.165) is 9.47 Å². The molecule has 3 N–H and O–H groups in total. The number of carbonyl (C=O) groups excluding carboxylic acids is 4. The molecule has 15 nitrogen and oxygen atoms in total. The fraction of sp³-hybridized carbons (Fsp3) is 0.0588. The Morgan fingerprint density at radius 3 is 2.44 bits per heavy atom. The number of ether oxygens (including phenoxy) is 1. The summed E-state index contributed by atoms with van der Waals surface area (Å²) >= 11 is 0. The van der Waals surface area contributed by atoms with Gasteiger partial charge in [-0.3, -0.25) is 29.5 Å². The van der Waals surface area contributed by atoms with Gasteiger partial charge in [-0.05, 0) is 77.7 Å². The molecule has 1 saturated heterocycles. The molecule has 0 saturated carbocycles. The fourth-order valence-corrected chi connectivity index (χ4v) is 4.71. The standard InChI is InChI=1S/C34H27N7O8.K/c1-20(42)37-24-6-4-8-26(18-24)41-32(46)28(30(44)39-34(41)48)12-10-21(22-13-15-35-16-14-22)9-11-27-29(43)38-33(47)40(31(27)45)25-7-3-5-23(17-25)36-19-49-2;/h3-19,43H,1-2H3,(H,37,42)(H,38,47)(H,39,44,48);/q;+1/p-1. The van der Waals surface area contributed by atoms with Crippen LogP contribution >= 0.6 is 0 Å². The van der Waals surface area contributed by atoms with Crippen molar-refractivity contribution in [1.82, 2.24) is 19.9 Å². The summed E-state index contributed by atoms with van der Waals surface area (Å²) < 4.78 is 5.60. The molecule has 0 bridgehead atoms. The molecule has 50 heavy (non-hydrogen) atoms. The van der Waals surface area contributed by atoms with E-state index in [2.05, 4.69) is 25.6 Å². The number of aliphatic imine (C=N–C) groups is 1. The monoisotopic (exact) mass is 699 g/mol. The van der Waals surface area contributed by atoms with E-state index in [0.29, 0.717) is 22.5 Å². The van der Waals surface area contributed by atoms with Crippen LogP contribution in [0.3, 0.4) is 0 Å². The van der Waals surface area contributed by atoms with Crippen LogP contribution in [0.1, 0.15) is 18.1 Å². The second kappa shape index (κ2) is 16.7. The molecular weight excluding hydrogens is 674 g/mol. The van der Waals surface area contributed by atoms with Gasteiger partial charge in [0.05, 0.1) is 24.2 Å². The maximum absolute atomic E-state index is 13.5. The molecule has 0 aliphatic carbocycles. The summed E-state index contributed by atoms with van der Waals surface area (Å²) in [4.78, 5) is 87.7. The van der Waals surface area contributed by atoms with Gasteiger partial charge in [-0.25, -0.2) is 24.0 Å². The van der Waals surface area contributed by atoms with Crippen LogP contribution in [0.2, 0.25) is 0 Å². The second-order valence-corrected chi connectivity index (χ2v) is 10.2. The Kier molecular flexibility index (Phi) is 12.5. The molecule has 16 heteroatoms. The first-order valence-electron chi connectivity index (χ1n) is 14.4. The van der Waals surface area contributed by atoms with Gasteiger partial charge in [0.1, 0.15) is 5.57 Å². The van der Waals surface area contributed by atoms with Crippen LogP contribution in [0.5, 0.6) is 5.88 Å². The second-order valence-electron chi connectivity index (χ2n) is 10.2.